The Morgan fingerprint density at radius 3 is 2.58 bits per heavy atom. The molecule has 0 fully saturated rings. The van der Waals surface area contributed by atoms with Crippen molar-refractivity contribution >= 4 is 11.6 Å². The maximum Gasteiger partial charge on any atom is 0.0521 e. The molecule has 3 nitrogen and oxygen atoms in total. The van der Waals surface area contributed by atoms with Crippen molar-refractivity contribution in [3.63, 3.8) is 0 Å². The summed E-state index contributed by atoms with van der Waals surface area (Å²) in [6.07, 6.45) is 7.19. The number of benzene rings is 1. The number of rotatable bonds is 6. The summed E-state index contributed by atoms with van der Waals surface area (Å²) in [6.45, 7) is 0. The summed E-state index contributed by atoms with van der Waals surface area (Å²) in [7, 11) is 3.97. The summed E-state index contributed by atoms with van der Waals surface area (Å²) < 4.78 is 1.85. The average molecular weight is 278 g/mol. The van der Waals surface area contributed by atoms with Gasteiger partial charge in [-0.05, 0) is 49.6 Å². The number of hydrogen-bond donors (Lipinski definition) is 1. The lowest BCUT2D eigenvalue weighted by Gasteiger charge is -2.15. The van der Waals surface area contributed by atoms with Gasteiger partial charge < -0.3 is 5.32 Å². The summed E-state index contributed by atoms with van der Waals surface area (Å²) in [4.78, 5) is 0. The van der Waals surface area contributed by atoms with E-state index in [1.165, 1.54) is 11.1 Å². The van der Waals surface area contributed by atoms with E-state index in [1.807, 2.05) is 37.1 Å². The molecule has 0 amide bonds. The van der Waals surface area contributed by atoms with E-state index in [1.54, 1.807) is 0 Å². The van der Waals surface area contributed by atoms with Crippen LogP contribution in [-0.4, -0.2) is 22.9 Å². The lowest BCUT2D eigenvalue weighted by Crippen LogP contribution is -2.28. The van der Waals surface area contributed by atoms with Crippen LogP contribution in [0.2, 0.25) is 5.02 Å². The lowest BCUT2D eigenvalue weighted by molar-refractivity contribution is 0.520. The number of aryl methyl sites for hydroxylation is 2. The molecule has 0 saturated heterocycles. The van der Waals surface area contributed by atoms with E-state index < -0.39 is 0 Å². The van der Waals surface area contributed by atoms with Crippen molar-refractivity contribution in [2.75, 3.05) is 7.05 Å². The van der Waals surface area contributed by atoms with E-state index in [4.69, 9.17) is 11.6 Å². The molecule has 1 atom stereocenters. The molecule has 102 valence electrons. The molecule has 2 aromatic rings. The number of nitrogens with one attached hydrogen (secondary N) is 1. The predicted molar refractivity (Wildman–Crippen MR) is 79.5 cm³/mol. The SMILES string of the molecule is CNC(CCc1cnn(C)c1)Cc1ccc(Cl)cc1. The number of likely N-dealkylation sites (N-methyl/N-ethyl adjacent to an activating group) is 1. The molecule has 0 aliphatic heterocycles. The van der Waals surface area contributed by atoms with Gasteiger partial charge >= 0.3 is 0 Å². The van der Waals surface area contributed by atoms with Crippen LogP contribution in [0.5, 0.6) is 0 Å². The first kappa shape index (κ1) is 14.1. The molecule has 1 aromatic carbocycles. The van der Waals surface area contributed by atoms with Crippen molar-refractivity contribution < 1.29 is 0 Å². The molecule has 0 saturated carbocycles. The molecular formula is C15H20ClN3. The molecule has 0 radical (unpaired) electrons. The molecule has 1 heterocycles. The molecule has 0 aliphatic rings. The maximum absolute atomic E-state index is 5.90. The summed E-state index contributed by atoms with van der Waals surface area (Å²) in [5.74, 6) is 0. The van der Waals surface area contributed by atoms with Crippen molar-refractivity contribution in [2.45, 2.75) is 25.3 Å². The van der Waals surface area contributed by atoms with Crippen molar-refractivity contribution in [1.29, 1.82) is 0 Å². The lowest BCUT2D eigenvalue weighted by atomic mass is 10.0. The molecule has 0 aliphatic carbocycles. The molecule has 1 unspecified atom stereocenters. The molecule has 19 heavy (non-hydrogen) atoms. The number of hydrogen-bond acceptors (Lipinski definition) is 2. The second-order valence-electron chi connectivity index (χ2n) is 4.88. The van der Waals surface area contributed by atoms with E-state index in [0.29, 0.717) is 6.04 Å². The third-order valence-electron chi connectivity index (χ3n) is 3.34. The Bertz CT molecular complexity index is 504. The van der Waals surface area contributed by atoms with Crippen LogP contribution in [0, 0.1) is 0 Å². The van der Waals surface area contributed by atoms with Gasteiger partial charge in [0, 0.05) is 24.3 Å². The van der Waals surface area contributed by atoms with Crippen LogP contribution >= 0.6 is 11.6 Å². The van der Waals surface area contributed by atoms with Crippen molar-refractivity contribution in [3.05, 3.63) is 52.8 Å². The van der Waals surface area contributed by atoms with Gasteiger partial charge in [-0.2, -0.15) is 5.10 Å². The fraction of sp³-hybridized carbons (Fsp3) is 0.400. The van der Waals surface area contributed by atoms with Gasteiger partial charge in [0.1, 0.15) is 0 Å². The fourth-order valence-corrected chi connectivity index (χ4v) is 2.32. The highest BCUT2D eigenvalue weighted by atomic mass is 35.5. The summed E-state index contributed by atoms with van der Waals surface area (Å²) in [5, 5.41) is 8.37. The number of aromatic nitrogens is 2. The molecular weight excluding hydrogens is 258 g/mol. The number of nitrogens with zero attached hydrogens (tertiary/aromatic N) is 2. The zero-order valence-corrected chi connectivity index (χ0v) is 12.2. The second-order valence-corrected chi connectivity index (χ2v) is 5.31. The molecule has 4 heteroatoms. The quantitative estimate of drug-likeness (QED) is 0.880. The first-order valence-electron chi connectivity index (χ1n) is 6.56. The average Bonchev–Trinajstić information content (AvgIpc) is 2.82. The van der Waals surface area contributed by atoms with Crippen molar-refractivity contribution in [3.8, 4) is 0 Å². The summed E-state index contributed by atoms with van der Waals surface area (Å²) >= 11 is 5.90. The van der Waals surface area contributed by atoms with Gasteiger partial charge in [0.05, 0.1) is 6.20 Å². The molecule has 2 rings (SSSR count). The van der Waals surface area contributed by atoms with Gasteiger partial charge in [-0.15, -0.1) is 0 Å². The van der Waals surface area contributed by atoms with Gasteiger partial charge in [0.15, 0.2) is 0 Å². The van der Waals surface area contributed by atoms with Crippen LogP contribution in [0.25, 0.3) is 0 Å². The standard InChI is InChI=1S/C15H20ClN3/c1-17-15(8-5-13-10-18-19(2)11-13)9-12-3-6-14(16)7-4-12/h3-4,6-7,10-11,15,17H,5,8-9H2,1-2H3. The van der Waals surface area contributed by atoms with Crippen LogP contribution in [0.3, 0.4) is 0 Å². The van der Waals surface area contributed by atoms with Crippen LogP contribution in [0.1, 0.15) is 17.5 Å². The second kappa shape index (κ2) is 6.73. The highest BCUT2D eigenvalue weighted by Gasteiger charge is 2.08. The minimum absolute atomic E-state index is 0.474. The summed E-state index contributed by atoms with van der Waals surface area (Å²) in [6, 6.07) is 8.56. The van der Waals surface area contributed by atoms with Gasteiger partial charge in [-0.3, -0.25) is 4.68 Å². The molecule has 1 aromatic heterocycles. The highest BCUT2D eigenvalue weighted by Crippen LogP contribution is 2.13. The van der Waals surface area contributed by atoms with Crippen LogP contribution in [0.15, 0.2) is 36.7 Å². The van der Waals surface area contributed by atoms with E-state index in [2.05, 4.69) is 28.7 Å². The van der Waals surface area contributed by atoms with E-state index in [0.717, 1.165) is 24.3 Å². The topological polar surface area (TPSA) is 29.9 Å². The molecule has 0 spiro atoms. The fourth-order valence-electron chi connectivity index (χ4n) is 2.20. The molecule has 1 N–H and O–H groups in total. The highest BCUT2D eigenvalue weighted by molar-refractivity contribution is 6.30. The van der Waals surface area contributed by atoms with Gasteiger partial charge in [0.25, 0.3) is 0 Å². The normalized spacial score (nSPS) is 12.6. The van der Waals surface area contributed by atoms with E-state index in [9.17, 15) is 0 Å². The van der Waals surface area contributed by atoms with Crippen molar-refractivity contribution in [2.24, 2.45) is 7.05 Å². The van der Waals surface area contributed by atoms with Gasteiger partial charge in [-0.25, -0.2) is 0 Å². The zero-order chi connectivity index (χ0) is 13.7. The first-order chi connectivity index (χ1) is 9.17. The minimum atomic E-state index is 0.474. The Morgan fingerprint density at radius 2 is 2.00 bits per heavy atom. The largest absolute Gasteiger partial charge is 0.317 e. The van der Waals surface area contributed by atoms with Crippen molar-refractivity contribution in [1.82, 2.24) is 15.1 Å². The van der Waals surface area contributed by atoms with Crippen LogP contribution in [-0.2, 0) is 19.9 Å². The molecule has 0 bridgehead atoms. The van der Waals surface area contributed by atoms with E-state index >= 15 is 0 Å². The smallest absolute Gasteiger partial charge is 0.0521 e. The van der Waals surface area contributed by atoms with E-state index in [-0.39, 0.29) is 0 Å². The Balaban J connectivity index is 1.87. The Morgan fingerprint density at radius 1 is 1.26 bits per heavy atom. The Hall–Kier alpha value is -1.32. The third-order valence-corrected chi connectivity index (χ3v) is 3.60. The minimum Gasteiger partial charge on any atom is -0.317 e. The zero-order valence-electron chi connectivity index (χ0n) is 11.4. The van der Waals surface area contributed by atoms with Crippen LogP contribution in [0.4, 0.5) is 0 Å². The monoisotopic (exact) mass is 277 g/mol. The predicted octanol–water partition coefficient (Wildman–Crippen LogP) is 2.84. The Kier molecular flexibility index (Phi) is 5.00. The van der Waals surface area contributed by atoms with Crippen LogP contribution < -0.4 is 5.32 Å². The maximum atomic E-state index is 5.90. The first-order valence-corrected chi connectivity index (χ1v) is 6.94. The van der Waals surface area contributed by atoms with Gasteiger partial charge in [-0.1, -0.05) is 23.7 Å². The Labute approximate surface area is 119 Å². The number of halogens is 1. The third kappa shape index (κ3) is 4.37. The van der Waals surface area contributed by atoms with Gasteiger partial charge in [0.2, 0.25) is 0 Å². The summed E-state index contributed by atoms with van der Waals surface area (Å²) in [5.41, 5.74) is 2.61.